The number of aromatic nitrogens is 3. The average Bonchev–Trinajstić information content (AvgIpc) is 3.33. The van der Waals surface area contributed by atoms with Gasteiger partial charge < -0.3 is 9.30 Å². The smallest absolute Gasteiger partial charge is 0.267 e. The molecule has 0 radical (unpaired) electrons. The molecule has 1 aromatic carbocycles. The molecule has 28 heavy (non-hydrogen) atoms. The van der Waals surface area contributed by atoms with E-state index in [-0.39, 0.29) is 18.3 Å². The highest BCUT2D eigenvalue weighted by molar-refractivity contribution is 7.21. The lowest BCUT2D eigenvalue weighted by molar-refractivity contribution is 0.102. The molecular formula is C19H17FN4O2S2. The quantitative estimate of drug-likeness (QED) is 0.516. The van der Waals surface area contributed by atoms with Crippen LogP contribution in [0.4, 0.5) is 9.52 Å². The van der Waals surface area contributed by atoms with Crippen LogP contribution < -0.4 is 5.32 Å². The van der Waals surface area contributed by atoms with Crippen molar-refractivity contribution in [1.82, 2.24) is 14.5 Å². The Balaban J connectivity index is 1.69. The second-order valence-electron chi connectivity index (χ2n) is 6.21. The first-order valence-electron chi connectivity index (χ1n) is 8.45. The molecule has 1 N–H and O–H groups in total. The lowest BCUT2D eigenvalue weighted by Gasteiger charge is -2.04. The van der Waals surface area contributed by atoms with E-state index >= 15 is 0 Å². The number of carbonyl (C=O) groups is 1. The van der Waals surface area contributed by atoms with Gasteiger partial charge in [0, 0.05) is 42.2 Å². The Morgan fingerprint density at radius 2 is 2.18 bits per heavy atom. The van der Waals surface area contributed by atoms with Crippen molar-refractivity contribution in [2.45, 2.75) is 13.5 Å². The zero-order valence-corrected chi connectivity index (χ0v) is 17.1. The van der Waals surface area contributed by atoms with Gasteiger partial charge >= 0.3 is 0 Å². The van der Waals surface area contributed by atoms with Crippen molar-refractivity contribution in [3.8, 4) is 10.7 Å². The number of methoxy groups -OCH3 is 1. The van der Waals surface area contributed by atoms with E-state index < -0.39 is 0 Å². The van der Waals surface area contributed by atoms with Gasteiger partial charge in [0.25, 0.3) is 5.91 Å². The number of thiazole rings is 1. The molecule has 3 heterocycles. The predicted octanol–water partition coefficient (Wildman–Crippen LogP) is 4.60. The van der Waals surface area contributed by atoms with E-state index in [1.165, 1.54) is 35.8 Å². The van der Waals surface area contributed by atoms with Crippen LogP contribution in [0.2, 0.25) is 0 Å². The molecular weight excluding hydrogens is 399 g/mol. The van der Waals surface area contributed by atoms with Crippen molar-refractivity contribution in [1.29, 1.82) is 0 Å². The molecule has 3 aromatic heterocycles. The van der Waals surface area contributed by atoms with Crippen LogP contribution in [-0.4, -0.2) is 27.6 Å². The SMILES string of the molecule is COCc1c(C(=O)Nc2nc(C)c(-c3nccn3C)s2)sc2cccc(F)c12. The molecule has 4 rings (SSSR count). The Morgan fingerprint density at radius 1 is 1.36 bits per heavy atom. The number of rotatable bonds is 5. The van der Waals surface area contributed by atoms with Gasteiger partial charge in [0.2, 0.25) is 0 Å². The van der Waals surface area contributed by atoms with Gasteiger partial charge in [-0.15, -0.1) is 11.3 Å². The van der Waals surface area contributed by atoms with E-state index in [1.54, 1.807) is 18.3 Å². The van der Waals surface area contributed by atoms with E-state index in [0.29, 0.717) is 25.7 Å². The van der Waals surface area contributed by atoms with Gasteiger partial charge in [0.15, 0.2) is 11.0 Å². The van der Waals surface area contributed by atoms with Crippen LogP contribution in [0.1, 0.15) is 20.9 Å². The lowest BCUT2D eigenvalue weighted by atomic mass is 10.1. The number of halogens is 1. The maximum atomic E-state index is 14.3. The van der Waals surface area contributed by atoms with Gasteiger partial charge in [-0.25, -0.2) is 14.4 Å². The van der Waals surface area contributed by atoms with Gasteiger partial charge in [-0.05, 0) is 19.1 Å². The molecule has 0 unspecified atom stereocenters. The van der Waals surface area contributed by atoms with Crippen molar-refractivity contribution in [3.63, 3.8) is 0 Å². The number of anilines is 1. The minimum atomic E-state index is -0.359. The number of hydrogen-bond donors (Lipinski definition) is 1. The third-order valence-electron chi connectivity index (χ3n) is 4.30. The lowest BCUT2D eigenvalue weighted by Crippen LogP contribution is -2.12. The number of benzene rings is 1. The van der Waals surface area contributed by atoms with Gasteiger partial charge in [0.05, 0.1) is 22.1 Å². The van der Waals surface area contributed by atoms with Gasteiger partial charge in [0.1, 0.15) is 5.82 Å². The zero-order valence-electron chi connectivity index (χ0n) is 15.4. The molecule has 0 fully saturated rings. The number of amides is 1. The highest BCUT2D eigenvalue weighted by Crippen LogP contribution is 2.36. The van der Waals surface area contributed by atoms with Crippen molar-refractivity contribution in [2.24, 2.45) is 7.05 Å². The van der Waals surface area contributed by atoms with Crippen LogP contribution in [0, 0.1) is 12.7 Å². The fourth-order valence-electron chi connectivity index (χ4n) is 3.03. The monoisotopic (exact) mass is 416 g/mol. The van der Waals surface area contributed by atoms with Crippen LogP contribution in [0.25, 0.3) is 20.8 Å². The number of fused-ring (bicyclic) bond motifs is 1. The second-order valence-corrected chi connectivity index (χ2v) is 8.26. The molecule has 0 aliphatic rings. The van der Waals surface area contributed by atoms with Crippen molar-refractivity contribution in [3.05, 3.63) is 52.5 Å². The number of aryl methyl sites for hydroxylation is 2. The van der Waals surface area contributed by atoms with Crippen molar-refractivity contribution < 1.29 is 13.9 Å². The number of nitrogens with zero attached hydrogens (tertiary/aromatic N) is 3. The molecule has 0 aliphatic heterocycles. The summed E-state index contributed by atoms with van der Waals surface area (Å²) in [6.07, 6.45) is 3.57. The van der Waals surface area contributed by atoms with Crippen LogP contribution in [0.5, 0.6) is 0 Å². The molecule has 0 spiro atoms. The Morgan fingerprint density at radius 3 is 2.89 bits per heavy atom. The first-order valence-corrected chi connectivity index (χ1v) is 10.1. The standard InChI is InChI=1S/C19H17FN4O2S2/c1-10-15(17-21-7-8-24(17)2)28-19(22-10)23-18(25)16-11(9-26-3)14-12(20)5-4-6-13(14)27-16/h4-8H,9H2,1-3H3,(H,22,23,25). The Bertz CT molecular complexity index is 1180. The minimum absolute atomic E-state index is 0.152. The molecule has 0 saturated carbocycles. The fourth-order valence-corrected chi connectivity index (χ4v) is 5.15. The number of thiophene rings is 1. The Labute approximate surface area is 168 Å². The number of ether oxygens (including phenoxy) is 1. The molecule has 1 amide bonds. The number of imidazole rings is 1. The summed E-state index contributed by atoms with van der Waals surface area (Å²) in [6, 6.07) is 4.82. The summed E-state index contributed by atoms with van der Waals surface area (Å²) < 4.78 is 22.1. The summed E-state index contributed by atoms with van der Waals surface area (Å²) >= 11 is 2.60. The van der Waals surface area contributed by atoms with Gasteiger partial charge in [-0.1, -0.05) is 17.4 Å². The van der Waals surface area contributed by atoms with Gasteiger partial charge in [-0.2, -0.15) is 0 Å². The third-order valence-corrected chi connectivity index (χ3v) is 6.56. The van der Waals surface area contributed by atoms with Crippen LogP contribution >= 0.6 is 22.7 Å². The van der Waals surface area contributed by atoms with Gasteiger partial charge in [-0.3, -0.25) is 10.1 Å². The van der Waals surface area contributed by atoms with Crippen molar-refractivity contribution >= 4 is 43.8 Å². The minimum Gasteiger partial charge on any atom is -0.380 e. The summed E-state index contributed by atoms with van der Waals surface area (Å²) in [5.74, 6) is 0.106. The topological polar surface area (TPSA) is 69.0 Å². The number of hydrogen-bond acceptors (Lipinski definition) is 6. The van der Waals surface area contributed by atoms with Crippen LogP contribution in [0.15, 0.2) is 30.6 Å². The number of nitrogens with one attached hydrogen (secondary N) is 1. The highest BCUT2D eigenvalue weighted by Gasteiger charge is 2.22. The van der Waals surface area contributed by atoms with E-state index in [1.807, 2.05) is 24.7 Å². The van der Waals surface area contributed by atoms with E-state index in [2.05, 4.69) is 15.3 Å². The normalized spacial score (nSPS) is 11.3. The Hall–Kier alpha value is -2.62. The second kappa shape index (κ2) is 7.42. The maximum absolute atomic E-state index is 14.3. The fraction of sp³-hybridized carbons (Fsp3) is 0.211. The predicted molar refractivity (Wildman–Crippen MR) is 110 cm³/mol. The van der Waals surface area contributed by atoms with Crippen molar-refractivity contribution in [2.75, 3.05) is 12.4 Å². The van der Waals surface area contributed by atoms with E-state index in [0.717, 1.165) is 16.4 Å². The molecule has 6 nitrogen and oxygen atoms in total. The molecule has 0 saturated heterocycles. The summed E-state index contributed by atoms with van der Waals surface area (Å²) in [5.41, 5.74) is 1.34. The van der Waals surface area contributed by atoms with Crippen LogP contribution in [0.3, 0.4) is 0 Å². The van der Waals surface area contributed by atoms with E-state index in [9.17, 15) is 9.18 Å². The molecule has 0 atom stereocenters. The molecule has 0 bridgehead atoms. The third kappa shape index (κ3) is 3.21. The highest BCUT2D eigenvalue weighted by atomic mass is 32.1. The van der Waals surface area contributed by atoms with E-state index in [4.69, 9.17) is 4.74 Å². The molecule has 4 aromatic rings. The average molecular weight is 417 g/mol. The number of carbonyl (C=O) groups excluding carboxylic acids is 1. The first-order chi connectivity index (χ1) is 13.5. The summed E-state index contributed by atoms with van der Waals surface area (Å²) in [5, 5.41) is 3.75. The zero-order chi connectivity index (χ0) is 19.8. The summed E-state index contributed by atoms with van der Waals surface area (Å²) in [4.78, 5) is 23.0. The Kier molecular flexibility index (Phi) is 4.96. The van der Waals surface area contributed by atoms with Crippen LogP contribution in [-0.2, 0) is 18.4 Å². The molecule has 9 heteroatoms. The molecule has 0 aliphatic carbocycles. The summed E-state index contributed by atoms with van der Waals surface area (Å²) in [7, 11) is 3.43. The molecule has 144 valence electrons. The largest absolute Gasteiger partial charge is 0.380 e. The maximum Gasteiger partial charge on any atom is 0.267 e. The summed E-state index contributed by atoms with van der Waals surface area (Å²) in [6.45, 7) is 2.03. The first kappa shape index (κ1) is 18.7.